The summed E-state index contributed by atoms with van der Waals surface area (Å²) in [6.07, 6.45) is 1.39. The molecule has 1 amide bonds. The van der Waals surface area contributed by atoms with Crippen LogP contribution in [0, 0.1) is 20.8 Å². The molecule has 2 aromatic carbocycles. The minimum Gasteiger partial charge on any atom is -0.481 e. The van der Waals surface area contributed by atoms with Gasteiger partial charge in [-0.15, -0.1) is 0 Å². The summed E-state index contributed by atoms with van der Waals surface area (Å²) in [7, 11) is 0. The van der Waals surface area contributed by atoms with E-state index in [-0.39, 0.29) is 5.91 Å². The van der Waals surface area contributed by atoms with Crippen LogP contribution < -0.4 is 10.1 Å². The molecular weight excluding hydrogens is 298 g/mol. The summed E-state index contributed by atoms with van der Waals surface area (Å²) in [5.74, 6) is 0.706. The lowest BCUT2D eigenvalue weighted by atomic mass is 10.1. The van der Waals surface area contributed by atoms with E-state index in [0.717, 1.165) is 24.2 Å². The van der Waals surface area contributed by atoms with Gasteiger partial charge in [-0.3, -0.25) is 4.79 Å². The SMILES string of the molecule is Cc1cccc(CCCNC(=O)C(C)Oc2cccc(C)c2C)c1. The Morgan fingerprint density at radius 3 is 2.62 bits per heavy atom. The van der Waals surface area contributed by atoms with Gasteiger partial charge in [-0.1, -0.05) is 42.0 Å². The molecule has 0 spiro atoms. The van der Waals surface area contributed by atoms with Gasteiger partial charge in [0.1, 0.15) is 5.75 Å². The lowest BCUT2D eigenvalue weighted by Gasteiger charge is -2.17. The summed E-state index contributed by atoms with van der Waals surface area (Å²) in [6.45, 7) is 8.60. The van der Waals surface area contributed by atoms with E-state index < -0.39 is 6.10 Å². The highest BCUT2D eigenvalue weighted by atomic mass is 16.5. The van der Waals surface area contributed by atoms with E-state index in [9.17, 15) is 4.79 Å². The standard InChI is InChI=1S/C21H27NO2/c1-15-8-5-10-19(14-15)11-7-13-22-21(23)18(4)24-20-12-6-9-16(2)17(20)3/h5-6,8-10,12,14,18H,7,11,13H2,1-4H3,(H,22,23). The average molecular weight is 325 g/mol. The average Bonchev–Trinajstić information content (AvgIpc) is 2.55. The molecule has 1 unspecified atom stereocenters. The molecule has 1 atom stereocenters. The monoisotopic (exact) mass is 325 g/mol. The second-order valence-electron chi connectivity index (χ2n) is 6.34. The number of amides is 1. The number of hydrogen-bond acceptors (Lipinski definition) is 2. The zero-order valence-electron chi connectivity index (χ0n) is 15.1. The summed E-state index contributed by atoms with van der Waals surface area (Å²) in [5.41, 5.74) is 4.82. The number of ether oxygens (including phenoxy) is 1. The molecule has 0 heterocycles. The van der Waals surface area contributed by atoms with Crippen molar-refractivity contribution in [2.45, 2.75) is 46.6 Å². The molecule has 0 aromatic heterocycles. The van der Waals surface area contributed by atoms with Gasteiger partial charge in [0.05, 0.1) is 0 Å². The summed E-state index contributed by atoms with van der Waals surface area (Å²) >= 11 is 0. The fourth-order valence-corrected chi connectivity index (χ4v) is 2.61. The van der Waals surface area contributed by atoms with Crippen molar-refractivity contribution in [1.29, 1.82) is 0 Å². The second-order valence-corrected chi connectivity index (χ2v) is 6.34. The Bertz CT molecular complexity index is 694. The number of aryl methyl sites for hydroxylation is 3. The molecule has 3 heteroatoms. The normalized spacial score (nSPS) is 11.8. The molecule has 0 fully saturated rings. The van der Waals surface area contributed by atoms with E-state index in [0.29, 0.717) is 6.54 Å². The molecule has 0 bridgehead atoms. The molecule has 0 aliphatic rings. The van der Waals surface area contributed by atoms with Gasteiger partial charge in [-0.05, 0) is 63.3 Å². The van der Waals surface area contributed by atoms with Crippen LogP contribution in [0.5, 0.6) is 5.75 Å². The van der Waals surface area contributed by atoms with E-state index in [1.807, 2.05) is 32.0 Å². The number of rotatable bonds is 7. The molecule has 3 nitrogen and oxygen atoms in total. The first-order valence-corrected chi connectivity index (χ1v) is 8.53. The third kappa shape index (κ3) is 5.12. The van der Waals surface area contributed by atoms with Crippen LogP contribution >= 0.6 is 0 Å². The van der Waals surface area contributed by atoms with E-state index in [1.54, 1.807) is 6.92 Å². The zero-order valence-corrected chi connectivity index (χ0v) is 15.1. The van der Waals surface area contributed by atoms with Crippen molar-refractivity contribution in [3.8, 4) is 5.75 Å². The molecule has 24 heavy (non-hydrogen) atoms. The Hall–Kier alpha value is -2.29. The maximum absolute atomic E-state index is 12.2. The third-order valence-corrected chi connectivity index (χ3v) is 4.25. The van der Waals surface area contributed by atoms with Crippen molar-refractivity contribution in [2.75, 3.05) is 6.54 Å². The van der Waals surface area contributed by atoms with Crippen LogP contribution in [0.1, 0.15) is 35.6 Å². The summed E-state index contributed by atoms with van der Waals surface area (Å²) in [5, 5.41) is 2.96. The van der Waals surface area contributed by atoms with E-state index >= 15 is 0 Å². The fourth-order valence-electron chi connectivity index (χ4n) is 2.61. The molecule has 0 radical (unpaired) electrons. The van der Waals surface area contributed by atoms with Gasteiger partial charge in [0, 0.05) is 6.54 Å². The molecule has 2 aromatic rings. The van der Waals surface area contributed by atoms with Crippen molar-refractivity contribution < 1.29 is 9.53 Å². The maximum Gasteiger partial charge on any atom is 0.260 e. The third-order valence-electron chi connectivity index (χ3n) is 4.25. The van der Waals surface area contributed by atoms with Crippen LogP contribution in [0.4, 0.5) is 0 Å². The van der Waals surface area contributed by atoms with Gasteiger partial charge in [0.15, 0.2) is 6.10 Å². The van der Waals surface area contributed by atoms with Crippen LogP contribution in [0.15, 0.2) is 42.5 Å². The molecule has 1 N–H and O–H groups in total. The van der Waals surface area contributed by atoms with Gasteiger partial charge in [-0.25, -0.2) is 0 Å². The van der Waals surface area contributed by atoms with Gasteiger partial charge >= 0.3 is 0 Å². The van der Waals surface area contributed by atoms with Gasteiger partial charge in [0.2, 0.25) is 0 Å². The molecular formula is C21H27NO2. The Morgan fingerprint density at radius 1 is 1.12 bits per heavy atom. The number of nitrogens with one attached hydrogen (secondary N) is 1. The predicted octanol–water partition coefficient (Wildman–Crippen LogP) is 4.13. The van der Waals surface area contributed by atoms with Crippen molar-refractivity contribution in [1.82, 2.24) is 5.32 Å². The predicted molar refractivity (Wildman–Crippen MR) is 98.5 cm³/mol. The number of carbonyl (C=O) groups excluding carboxylic acids is 1. The second kappa shape index (κ2) is 8.53. The van der Waals surface area contributed by atoms with Crippen LogP contribution in [0.2, 0.25) is 0 Å². The molecule has 128 valence electrons. The van der Waals surface area contributed by atoms with E-state index in [1.165, 1.54) is 16.7 Å². The Kier molecular flexibility index (Phi) is 6.42. The van der Waals surface area contributed by atoms with Crippen molar-refractivity contribution in [3.63, 3.8) is 0 Å². The Balaban J connectivity index is 1.76. The number of carbonyl (C=O) groups is 1. The lowest BCUT2D eigenvalue weighted by molar-refractivity contribution is -0.127. The highest BCUT2D eigenvalue weighted by molar-refractivity contribution is 5.80. The summed E-state index contributed by atoms with van der Waals surface area (Å²) < 4.78 is 5.81. The zero-order chi connectivity index (χ0) is 17.5. The first kappa shape index (κ1) is 18.1. The Morgan fingerprint density at radius 2 is 1.88 bits per heavy atom. The quantitative estimate of drug-likeness (QED) is 0.777. The molecule has 0 saturated carbocycles. The van der Waals surface area contributed by atoms with Gasteiger partial charge in [0.25, 0.3) is 5.91 Å². The smallest absolute Gasteiger partial charge is 0.260 e. The Labute approximate surface area is 145 Å². The maximum atomic E-state index is 12.2. The first-order valence-electron chi connectivity index (χ1n) is 8.53. The van der Waals surface area contributed by atoms with Crippen LogP contribution in [0.25, 0.3) is 0 Å². The van der Waals surface area contributed by atoms with Crippen molar-refractivity contribution in [2.24, 2.45) is 0 Å². The molecule has 0 saturated heterocycles. The van der Waals surface area contributed by atoms with E-state index in [2.05, 4.69) is 36.5 Å². The largest absolute Gasteiger partial charge is 0.481 e. The topological polar surface area (TPSA) is 38.3 Å². The van der Waals surface area contributed by atoms with Gasteiger partial charge < -0.3 is 10.1 Å². The molecule has 2 rings (SSSR count). The van der Waals surface area contributed by atoms with Crippen LogP contribution in [0.3, 0.4) is 0 Å². The minimum atomic E-state index is -0.496. The number of benzene rings is 2. The van der Waals surface area contributed by atoms with Crippen LogP contribution in [-0.4, -0.2) is 18.6 Å². The van der Waals surface area contributed by atoms with Gasteiger partial charge in [-0.2, -0.15) is 0 Å². The molecule has 0 aliphatic carbocycles. The van der Waals surface area contributed by atoms with Crippen molar-refractivity contribution in [3.05, 3.63) is 64.7 Å². The minimum absolute atomic E-state index is 0.0693. The fraction of sp³-hybridized carbons (Fsp3) is 0.381. The summed E-state index contributed by atoms with van der Waals surface area (Å²) in [6, 6.07) is 14.4. The highest BCUT2D eigenvalue weighted by Crippen LogP contribution is 2.21. The van der Waals surface area contributed by atoms with E-state index in [4.69, 9.17) is 4.74 Å². The first-order chi connectivity index (χ1) is 11.5. The summed E-state index contributed by atoms with van der Waals surface area (Å²) in [4.78, 5) is 12.2. The number of hydrogen-bond donors (Lipinski definition) is 1. The molecule has 0 aliphatic heterocycles. The van der Waals surface area contributed by atoms with Crippen molar-refractivity contribution >= 4 is 5.91 Å². The lowest BCUT2D eigenvalue weighted by Crippen LogP contribution is -2.37. The van der Waals surface area contributed by atoms with Crippen LogP contribution in [-0.2, 0) is 11.2 Å². The highest BCUT2D eigenvalue weighted by Gasteiger charge is 2.15.